The van der Waals surface area contributed by atoms with Crippen molar-refractivity contribution in [3.8, 4) is 17.2 Å². The SMILES string of the molecule is COc1ccc(Oc2cccc(NC(=O)c3ccn4c3CSC4c3cccnc3)c2)cc1. The summed E-state index contributed by atoms with van der Waals surface area (Å²) in [7, 11) is 1.63. The smallest absolute Gasteiger partial charge is 0.257 e. The molecule has 1 aliphatic heterocycles. The molecular formula is C25H21N3O3S. The average molecular weight is 444 g/mol. The largest absolute Gasteiger partial charge is 0.497 e. The van der Waals surface area contributed by atoms with Crippen molar-refractivity contribution in [1.29, 1.82) is 0 Å². The molecule has 6 nitrogen and oxygen atoms in total. The monoisotopic (exact) mass is 443 g/mol. The zero-order valence-corrected chi connectivity index (χ0v) is 18.2. The van der Waals surface area contributed by atoms with Crippen LogP contribution in [0.25, 0.3) is 0 Å². The van der Waals surface area contributed by atoms with Gasteiger partial charge in [0.25, 0.3) is 5.91 Å². The van der Waals surface area contributed by atoms with Crippen LogP contribution in [-0.4, -0.2) is 22.6 Å². The first-order chi connectivity index (χ1) is 15.7. The van der Waals surface area contributed by atoms with E-state index in [2.05, 4.69) is 20.9 Å². The minimum absolute atomic E-state index is 0.132. The number of hydrogen-bond acceptors (Lipinski definition) is 5. The average Bonchev–Trinajstić information content (AvgIpc) is 3.43. The van der Waals surface area contributed by atoms with Gasteiger partial charge in [0.1, 0.15) is 22.6 Å². The Morgan fingerprint density at radius 3 is 2.69 bits per heavy atom. The van der Waals surface area contributed by atoms with Gasteiger partial charge in [0, 0.05) is 47.4 Å². The van der Waals surface area contributed by atoms with Crippen molar-refractivity contribution in [3.05, 3.63) is 102 Å². The van der Waals surface area contributed by atoms with Crippen molar-refractivity contribution in [1.82, 2.24) is 9.55 Å². The Hall–Kier alpha value is -3.71. The molecule has 1 aliphatic rings. The quantitative estimate of drug-likeness (QED) is 0.412. The summed E-state index contributed by atoms with van der Waals surface area (Å²) in [6.45, 7) is 0. The predicted molar refractivity (Wildman–Crippen MR) is 126 cm³/mol. The highest BCUT2D eigenvalue weighted by molar-refractivity contribution is 7.99. The van der Waals surface area contributed by atoms with Crippen molar-refractivity contribution in [2.45, 2.75) is 11.1 Å². The number of thioether (sulfide) groups is 1. The number of nitrogens with zero attached hydrogens (tertiary/aromatic N) is 2. The predicted octanol–water partition coefficient (Wildman–Crippen LogP) is 5.73. The summed E-state index contributed by atoms with van der Waals surface area (Å²) in [5.41, 5.74) is 3.51. The van der Waals surface area contributed by atoms with E-state index < -0.39 is 0 Å². The number of hydrogen-bond donors (Lipinski definition) is 1. The Morgan fingerprint density at radius 1 is 1.06 bits per heavy atom. The molecule has 2 aromatic carbocycles. The van der Waals surface area contributed by atoms with Crippen molar-refractivity contribution in [2.75, 3.05) is 12.4 Å². The van der Waals surface area contributed by atoms with Gasteiger partial charge in [-0.3, -0.25) is 9.78 Å². The Labute approximate surface area is 190 Å². The number of nitrogens with one attached hydrogen (secondary N) is 1. The van der Waals surface area contributed by atoms with Crippen LogP contribution in [0.5, 0.6) is 17.2 Å². The van der Waals surface area contributed by atoms with Crippen LogP contribution in [0, 0.1) is 0 Å². The molecule has 2 aromatic heterocycles. The van der Waals surface area contributed by atoms with Gasteiger partial charge in [-0.05, 0) is 48.5 Å². The van der Waals surface area contributed by atoms with Crippen molar-refractivity contribution < 1.29 is 14.3 Å². The number of aromatic nitrogens is 2. The molecule has 0 spiro atoms. The fourth-order valence-corrected chi connectivity index (χ4v) is 5.00. The maximum atomic E-state index is 13.0. The zero-order valence-electron chi connectivity index (χ0n) is 17.4. The van der Waals surface area contributed by atoms with Crippen LogP contribution in [0.1, 0.15) is 27.0 Å². The van der Waals surface area contributed by atoms with E-state index in [0.29, 0.717) is 22.7 Å². The Kier molecular flexibility index (Phi) is 5.56. The molecule has 0 saturated heterocycles. The second kappa shape index (κ2) is 8.80. The number of carbonyl (C=O) groups excluding carboxylic acids is 1. The first-order valence-electron chi connectivity index (χ1n) is 10.2. The van der Waals surface area contributed by atoms with Gasteiger partial charge in [0.2, 0.25) is 0 Å². The lowest BCUT2D eigenvalue weighted by Crippen LogP contribution is -2.13. The molecule has 1 amide bonds. The fraction of sp³-hybridized carbons (Fsp3) is 0.120. The van der Waals surface area contributed by atoms with E-state index in [4.69, 9.17) is 9.47 Å². The summed E-state index contributed by atoms with van der Waals surface area (Å²) in [4.78, 5) is 17.2. The molecular weight excluding hydrogens is 422 g/mol. The molecule has 0 bridgehead atoms. The Balaban J connectivity index is 1.30. The van der Waals surface area contributed by atoms with Gasteiger partial charge < -0.3 is 19.4 Å². The minimum atomic E-state index is -0.132. The van der Waals surface area contributed by atoms with E-state index in [1.54, 1.807) is 25.1 Å². The van der Waals surface area contributed by atoms with Crippen molar-refractivity contribution in [3.63, 3.8) is 0 Å². The number of anilines is 1. The van der Waals surface area contributed by atoms with E-state index in [9.17, 15) is 4.79 Å². The van der Waals surface area contributed by atoms with Crippen LogP contribution in [0.4, 0.5) is 5.69 Å². The fourth-order valence-electron chi connectivity index (χ4n) is 3.69. The molecule has 0 aliphatic carbocycles. The van der Waals surface area contributed by atoms with Crippen LogP contribution in [-0.2, 0) is 5.75 Å². The highest BCUT2D eigenvalue weighted by Crippen LogP contribution is 2.42. The Bertz CT molecular complexity index is 1240. The summed E-state index contributed by atoms with van der Waals surface area (Å²) >= 11 is 1.79. The lowest BCUT2D eigenvalue weighted by molar-refractivity contribution is 0.102. The van der Waals surface area contributed by atoms with E-state index in [0.717, 1.165) is 22.8 Å². The summed E-state index contributed by atoms with van der Waals surface area (Å²) in [6, 6.07) is 20.6. The second-order valence-electron chi connectivity index (χ2n) is 7.29. The number of rotatable bonds is 6. The number of carbonyl (C=O) groups is 1. The first-order valence-corrected chi connectivity index (χ1v) is 11.2. The van der Waals surface area contributed by atoms with Gasteiger partial charge in [-0.15, -0.1) is 11.8 Å². The van der Waals surface area contributed by atoms with Gasteiger partial charge in [-0.1, -0.05) is 12.1 Å². The summed E-state index contributed by atoms with van der Waals surface area (Å²) in [5, 5.41) is 3.14. The molecule has 0 radical (unpaired) electrons. The maximum absolute atomic E-state index is 13.0. The molecule has 0 fully saturated rings. The number of benzene rings is 2. The molecule has 1 unspecified atom stereocenters. The third kappa shape index (κ3) is 4.07. The molecule has 7 heteroatoms. The van der Waals surface area contributed by atoms with E-state index >= 15 is 0 Å². The lowest BCUT2D eigenvalue weighted by atomic mass is 10.2. The Morgan fingerprint density at radius 2 is 1.91 bits per heavy atom. The number of methoxy groups -OCH3 is 1. The highest BCUT2D eigenvalue weighted by atomic mass is 32.2. The van der Waals surface area contributed by atoms with Gasteiger partial charge >= 0.3 is 0 Å². The van der Waals surface area contributed by atoms with Crippen LogP contribution in [0.15, 0.2) is 85.3 Å². The molecule has 0 saturated carbocycles. The normalized spacial score (nSPS) is 14.6. The molecule has 32 heavy (non-hydrogen) atoms. The summed E-state index contributed by atoms with van der Waals surface area (Å²) in [6.07, 6.45) is 5.62. The molecule has 4 aromatic rings. The van der Waals surface area contributed by atoms with Gasteiger partial charge in [-0.25, -0.2) is 0 Å². The summed E-state index contributed by atoms with van der Waals surface area (Å²) in [5.74, 6) is 2.74. The third-order valence-electron chi connectivity index (χ3n) is 5.26. The van der Waals surface area contributed by atoms with Gasteiger partial charge in [-0.2, -0.15) is 0 Å². The lowest BCUT2D eigenvalue weighted by Gasteiger charge is -2.12. The van der Waals surface area contributed by atoms with Crippen LogP contribution >= 0.6 is 11.8 Å². The molecule has 1 atom stereocenters. The van der Waals surface area contributed by atoms with E-state index in [1.807, 2.05) is 73.1 Å². The van der Waals surface area contributed by atoms with Crippen LogP contribution < -0.4 is 14.8 Å². The van der Waals surface area contributed by atoms with Crippen LogP contribution in [0.2, 0.25) is 0 Å². The van der Waals surface area contributed by atoms with Crippen LogP contribution in [0.3, 0.4) is 0 Å². The highest BCUT2D eigenvalue weighted by Gasteiger charge is 2.28. The molecule has 160 valence electrons. The topological polar surface area (TPSA) is 65.4 Å². The number of ether oxygens (including phenoxy) is 2. The molecule has 3 heterocycles. The molecule has 5 rings (SSSR count). The number of pyridine rings is 1. The van der Waals surface area contributed by atoms with Crippen molar-refractivity contribution in [2.24, 2.45) is 0 Å². The minimum Gasteiger partial charge on any atom is -0.497 e. The second-order valence-corrected chi connectivity index (χ2v) is 8.36. The van der Waals surface area contributed by atoms with Crippen molar-refractivity contribution >= 4 is 23.4 Å². The number of fused-ring (bicyclic) bond motifs is 1. The number of amides is 1. The zero-order chi connectivity index (χ0) is 21.9. The first kappa shape index (κ1) is 20.2. The van der Waals surface area contributed by atoms with Gasteiger partial charge in [0.15, 0.2) is 0 Å². The van der Waals surface area contributed by atoms with E-state index in [-0.39, 0.29) is 11.3 Å². The molecule has 1 N–H and O–H groups in total. The maximum Gasteiger partial charge on any atom is 0.257 e. The third-order valence-corrected chi connectivity index (χ3v) is 6.51. The van der Waals surface area contributed by atoms with E-state index in [1.165, 1.54) is 0 Å². The standard InChI is InChI=1S/C25H21N3O3S/c1-30-19-7-9-20(10-8-19)31-21-6-2-5-18(14-21)27-24(29)22-11-13-28-23(22)16-32-25(28)17-4-3-12-26-15-17/h2-15,25H,16H2,1H3,(H,27,29). The summed E-state index contributed by atoms with van der Waals surface area (Å²) < 4.78 is 13.2. The van der Waals surface area contributed by atoms with Gasteiger partial charge in [0.05, 0.1) is 12.7 Å².